The fraction of sp³-hybridized carbons (Fsp3) is 0.429. The molecule has 1 aromatic heterocycles. The molecule has 1 heterocycles. The lowest BCUT2D eigenvalue weighted by atomic mass is 10.1. The van der Waals surface area contributed by atoms with Crippen LogP contribution in [0.1, 0.15) is 24.5 Å². The van der Waals surface area contributed by atoms with Gasteiger partial charge in [-0.2, -0.15) is 0 Å². The fourth-order valence-electron chi connectivity index (χ4n) is 2.74. The SMILES string of the molecule is CCOc1cc(CCCNC(=NC)NCCc2ccc(Cl)nc2)ccc1OC. The molecule has 0 unspecified atom stereocenters. The summed E-state index contributed by atoms with van der Waals surface area (Å²) >= 11 is 5.80. The molecule has 2 aromatic rings. The maximum absolute atomic E-state index is 5.80. The first-order valence-corrected chi connectivity index (χ1v) is 9.88. The Labute approximate surface area is 172 Å². The van der Waals surface area contributed by atoms with Crippen LogP contribution in [0.5, 0.6) is 11.5 Å². The third-order valence-electron chi connectivity index (χ3n) is 4.18. The van der Waals surface area contributed by atoms with Crippen molar-refractivity contribution in [3.63, 3.8) is 0 Å². The molecule has 0 fully saturated rings. The summed E-state index contributed by atoms with van der Waals surface area (Å²) in [6.07, 6.45) is 4.59. The largest absolute Gasteiger partial charge is 0.493 e. The van der Waals surface area contributed by atoms with Crippen LogP contribution in [-0.4, -0.2) is 44.8 Å². The molecule has 7 heteroatoms. The minimum absolute atomic E-state index is 0.513. The number of halogens is 1. The van der Waals surface area contributed by atoms with Gasteiger partial charge in [-0.3, -0.25) is 4.99 Å². The van der Waals surface area contributed by atoms with Gasteiger partial charge in [0.25, 0.3) is 0 Å². The van der Waals surface area contributed by atoms with E-state index in [1.807, 2.05) is 19.1 Å². The van der Waals surface area contributed by atoms with Gasteiger partial charge >= 0.3 is 0 Å². The van der Waals surface area contributed by atoms with Gasteiger partial charge in [0.05, 0.1) is 13.7 Å². The maximum atomic E-state index is 5.80. The van der Waals surface area contributed by atoms with Crippen LogP contribution in [0.3, 0.4) is 0 Å². The van der Waals surface area contributed by atoms with Crippen molar-refractivity contribution in [1.29, 1.82) is 0 Å². The third-order valence-corrected chi connectivity index (χ3v) is 4.40. The van der Waals surface area contributed by atoms with Gasteiger partial charge in [0.1, 0.15) is 5.15 Å². The molecule has 0 atom stereocenters. The van der Waals surface area contributed by atoms with E-state index in [0.717, 1.165) is 55.4 Å². The molecule has 152 valence electrons. The Morgan fingerprint density at radius 2 is 1.86 bits per heavy atom. The molecule has 1 aromatic carbocycles. The van der Waals surface area contributed by atoms with Crippen molar-refractivity contribution in [2.24, 2.45) is 4.99 Å². The van der Waals surface area contributed by atoms with E-state index in [1.54, 1.807) is 26.4 Å². The maximum Gasteiger partial charge on any atom is 0.190 e. The molecule has 0 radical (unpaired) electrons. The predicted molar refractivity (Wildman–Crippen MR) is 115 cm³/mol. The topological polar surface area (TPSA) is 67.8 Å². The van der Waals surface area contributed by atoms with Crippen LogP contribution in [0.4, 0.5) is 0 Å². The second kappa shape index (κ2) is 12.1. The number of guanidine groups is 1. The zero-order valence-corrected chi connectivity index (χ0v) is 17.6. The molecule has 0 aliphatic heterocycles. The average molecular weight is 405 g/mol. The van der Waals surface area contributed by atoms with E-state index in [4.69, 9.17) is 21.1 Å². The lowest BCUT2D eigenvalue weighted by molar-refractivity contribution is 0.310. The summed E-state index contributed by atoms with van der Waals surface area (Å²) in [6.45, 7) is 4.20. The number of aromatic nitrogens is 1. The number of aryl methyl sites for hydroxylation is 1. The first-order valence-electron chi connectivity index (χ1n) is 9.51. The number of ether oxygens (including phenoxy) is 2. The van der Waals surface area contributed by atoms with E-state index in [1.165, 1.54) is 5.56 Å². The van der Waals surface area contributed by atoms with Crippen LogP contribution in [0.25, 0.3) is 0 Å². The molecule has 0 spiro atoms. The average Bonchev–Trinajstić information content (AvgIpc) is 2.71. The molecule has 0 bridgehead atoms. The zero-order chi connectivity index (χ0) is 20.2. The summed E-state index contributed by atoms with van der Waals surface area (Å²) in [5, 5.41) is 7.17. The van der Waals surface area contributed by atoms with E-state index in [0.29, 0.717) is 11.8 Å². The normalized spacial score (nSPS) is 11.2. The minimum Gasteiger partial charge on any atom is -0.493 e. The molecule has 2 rings (SSSR count). The Morgan fingerprint density at radius 3 is 2.54 bits per heavy atom. The van der Waals surface area contributed by atoms with E-state index in [2.05, 4.69) is 32.7 Å². The van der Waals surface area contributed by atoms with Crippen LogP contribution < -0.4 is 20.1 Å². The standard InChI is InChI=1S/C21H29ClN4O2/c1-4-28-19-14-16(7-9-18(19)27-3)6-5-12-24-21(23-2)25-13-11-17-8-10-20(22)26-15-17/h7-10,14-15H,4-6,11-13H2,1-3H3,(H2,23,24,25). The summed E-state index contributed by atoms with van der Waals surface area (Å²) in [5.41, 5.74) is 2.36. The van der Waals surface area contributed by atoms with Gasteiger partial charge < -0.3 is 20.1 Å². The van der Waals surface area contributed by atoms with Crippen LogP contribution in [0.15, 0.2) is 41.5 Å². The van der Waals surface area contributed by atoms with Crippen LogP contribution >= 0.6 is 11.6 Å². The van der Waals surface area contributed by atoms with Crippen molar-refractivity contribution in [2.45, 2.75) is 26.2 Å². The number of methoxy groups -OCH3 is 1. The highest BCUT2D eigenvalue weighted by atomic mass is 35.5. The number of rotatable bonds is 10. The molecule has 2 N–H and O–H groups in total. The van der Waals surface area contributed by atoms with Crippen LogP contribution in [0, 0.1) is 0 Å². The second-order valence-electron chi connectivity index (χ2n) is 6.19. The predicted octanol–water partition coefficient (Wildman–Crippen LogP) is 3.48. The number of hydrogen-bond acceptors (Lipinski definition) is 4. The lowest BCUT2D eigenvalue weighted by Crippen LogP contribution is -2.38. The van der Waals surface area contributed by atoms with Gasteiger partial charge in [-0.15, -0.1) is 0 Å². The number of nitrogens with zero attached hydrogens (tertiary/aromatic N) is 2. The lowest BCUT2D eigenvalue weighted by Gasteiger charge is -2.13. The molecule has 28 heavy (non-hydrogen) atoms. The van der Waals surface area contributed by atoms with Crippen LogP contribution in [0.2, 0.25) is 5.15 Å². The van der Waals surface area contributed by atoms with Crippen molar-refractivity contribution in [3.8, 4) is 11.5 Å². The summed E-state index contributed by atoms with van der Waals surface area (Å²) in [5.74, 6) is 2.36. The third kappa shape index (κ3) is 7.27. The van der Waals surface area contributed by atoms with Gasteiger partial charge in [-0.25, -0.2) is 4.98 Å². The minimum atomic E-state index is 0.513. The summed E-state index contributed by atoms with van der Waals surface area (Å²) in [6, 6.07) is 9.88. The number of hydrogen-bond donors (Lipinski definition) is 2. The second-order valence-corrected chi connectivity index (χ2v) is 6.57. The van der Waals surface area contributed by atoms with Crippen molar-refractivity contribution < 1.29 is 9.47 Å². The number of nitrogens with one attached hydrogen (secondary N) is 2. The number of aliphatic imine (C=N–C) groups is 1. The summed E-state index contributed by atoms with van der Waals surface area (Å²) in [7, 11) is 3.43. The molecular formula is C21H29ClN4O2. The van der Waals surface area contributed by atoms with Crippen molar-refractivity contribution in [2.75, 3.05) is 33.9 Å². The molecule has 0 aliphatic rings. The zero-order valence-electron chi connectivity index (χ0n) is 16.8. The Morgan fingerprint density at radius 1 is 1.07 bits per heavy atom. The smallest absolute Gasteiger partial charge is 0.190 e. The Hall–Kier alpha value is -2.47. The highest BCUT2D eigenvalue weighted by Gasteiger charge is 2.05. The summed E-state index contributed by atoms with van der Waals surface area (Å²) < 4.78 is 11.0. The van der Waals surface area contributed by atoms with Gasteiger partial charge in [0, 0.05) is 26.3 Å². The highest BCUT2D eigenvalue weighted by molar-refractivity contribution is 6.29. The monoisotopic (exact) mass is 404 g/mol. The van der Waals surface area contributed by atoms with Gasteiger partial charge in [0.15, 0.2) is 17.5 Å². The first kappa shape index (κ1) is 21.8. The molecule has 0 aliphatic carbocycles. The van der Waals surface area contributed by atoms with Gasteiger partial charge in [-0.1, -0.05) is 23.7 Å². The van der Waals surface area contributed by atoms with Gasteiger partial charge in [-0.05, 0) is 55.5 Å². The van der Waals surface area contributed by atoms with E-state index in [9.17, 15) is 0 Å². The van der Waals surface area contributed by atoms with Crippen molar-refractivity contribution >= 4 is 17.6 Å². The highest BCUT2D eigenvalue weighted by Crippen LogP contribution is 2.28. The van der Waals surface area contributed by atoms with Crippen molar-refractivity contribution in [3.05, 3.63) is 52.8 Å². The van der Waals surface area contributed by atoms with E-state index >= 15 is 0 Å². The Kier molecular flexibility index (Phi) is 9.42. The quantitative estimate of drug-likeness (QED) is 0.274. The van der Waals surface area contributed by atoms with E-state index < -0.39 is 0 Å². The Balaban J connectivity index is 1.71. The number of benzene rings is 1. The molecular weight excluding hydrogens is 376 g/mol. The van der Waals surface area contributed by atoms with Crippen molar-refractivity contribution in [1.82, 2.24) is 15.6 Å². The Bertz CT molecular complexity index is 751. The molecule has 0 amide bonds. The fourth-order valence-corrected chi connectivity index (χ4v) is 2.86. The summed E-state index contributed by atoms with van der Waals surface area (Å²) in [4.78, 5) is 8.35. The first-order chi connectivity index (χ1) is 13.7. The van der Waals surface area contributed by atoms with Gasteiger partial charge in [0.2, 0.25) is 0 Å². The van der Waals surface area contributed by atoms with E-state index in [-0.39, 0.29) is 0 Å². The number of pyridine rings is 1. The van der Waals surface area contributed by atoms with Crippen LogP contribution in [-0.2, 0) is 12.8 Å². The molecule has 0 saturated heterocycles. The molecule has 0 saturated carbocycles. The molecule has 6 nitrogen and oxygen atoms in total.